The van der Waals surface area contributed by atoms with Gasteiger partial charge in [-0.3, -0.25) is 4.79 Å². The summed E-state index contributed by atoms with van der Waals surface area (Å²) in [7, 11) is 0. The summed E-state index contributed by atoms with van der Waals surface area (Å²) >= 11 is 0. The van der Waals surface area contributed by atoms with Crippen molar-refractivity contribution in [3.05, 3.63) is 0 Å². The number of hydrogen-bond acceptors (Lipinski definition) is 4. The quantitative estimate of drug-likeness (QED) is 0.338. The SMILES string of the molecule is CC[C@H]1[C@@H](O)[C@@H]2[C@H](CC[C@]3(C)[C@@H]([C@H](C)CCC(=O)NCCCN4CCCC4)CC[C@@H]23)[C@@]2(C)CC[C@@H](O)C[C@@H]12. The summed E-state index contributed by atoms with van der Waals surface area (Å²) in [5.74, 6) is 3.82. The van der Waals surface area contributed by atoms with E-state index in [1.807, 2.05) is 0 Å². The van der Waals surface area contributed by atoms with Gasteiger partial charge >= 0.3 is 0 Å². The van der Waals surface area contributed by atoms with E-state index in [0.717, 1.165) is 51.6 Å². The lowest BCUT2D eigenvalue weighted by Gasteiger charge is -2.64. The highest BCUT2D eigenvalue weighted by Crippen LogP contribution is 2.69. The molecule has 0 radical (unpaired) electrons. The van der Waals surface area contributed by atoms with Crippen molar-refractivity contribution in [2.75, 3.05) is 26.2 Å². The third kappa shape index (κ3) is 5.22. The van der Waals surface area contributed by atoms with Gasteiger partial charge in [-0.05, 0) is 143 Å². The third-order valence-electron chi connectivity index (χ3n) is 13.1. The summed E-state index contributed by atoms with van der Waals surface area (Å²) < 4.78 is 0. The molecular weight excluding hydrogens is 472 g/mol. The summed E-state index contributed by atoms with van der Waals surface area (Å²) in [4.78, 5) is 15.2. The monoisotopic (exact) mass is 530 g/mol. The third-order valence-corrected chi connectivity index (χ3v) is 13.1. The first-order valence-corrected chi connectivity index (χ1v) is 16.5. The van der Waals surface area contributed by atoms with E-state index in [1.54, 1.807) is 0 Å². The lowest BCUT2D eigenvalue weighted by Crippen LogP contribution is -2.62. The molecule has 11 atom stereocenters. The summed E-state index contributed by atoms with van der Waals surface area (Å²) in [5.41, 5.74) is 0.547. The van der Waals surface area contributed by atoms with Gasteiger partial charge in [-0.15, -0.1) is 0 Å². The maximum Gasteiger partial charge on any atom is 0.220 e. The second kappa shape index (κ2) is 11.7. The Morgan fingerprint density at radius 2 is 1.71 bits per heavy atom. The smallest absolute Gasteiger partial charge is 0.220 e. The molecule has 1 saturated heterocycles. The summed E-state index contributed by atoms with van der Waals surface area (Å²) in [5, 5.41) is 25.6. The number of carbonyl (C=O) groups is 1. The maximum atomic E-state index is 12.6. The Morgan fingerprint density at radius 3 is 2.45 bits per heavy atom. The van der Waals surface area contributed by atoms with Crippen LogP contribution < -0.4 is 5.32 Å². The zero-order valence-corrected chi connectivity index (χ0v) is 25.0. The molecule has 218 valence electrons. The first-order valence-electron chi connectivity index (χ1n) is 16.5. The molecule has 5 aliphatic rings. The number of fused-ring (bicyclic) bond motifs is 5. The number of nitrogens with one attached hydrogen (secondary N) is 1. The van der Waals surface area contributed by atoms with Crippen molar-refractivity contribution in [1.29, 1.82) is 0 Å². The fourth-order valence-electron chi connectivity index (χ4n) is 11.1. The van der Waals surface area contributed by atoms with Gasteiger partial charge < -0.3 is 20.4 Å². The van der Waals surface area contributed by atoms with E-state index in [0.29, 0.717) is 47.8 Å². The summed E-state index contributed by atoms with van der Waals surface area (Å²) in [6.45, 7) is 14.1. The van der Waals surface area contributed by atoms with Gasteiger partial charge in [-0.25, -0.2) is 0 Å². The van der Waals surface area contributed by atoms with Crippen LogP contribution in [0.5, 0.6) is 0 Å². The Morgan fingerprint density at radius 1 is 1.00 bits per heavy atom. The Balaban J connectivity index is 1.18. The van der Waals surface area contributed by atoms with Crippen molar-refractivity contribution in [3.63, 3.8) is 0 Å². The fraction of sp³-hybridized carbons (Fsp3) is 0.970. The molecule has 0 aromatic rings. The zero-order valence-electron chi connectivity index (χ0n) is 25.0. The Kier molecular flexibility index (Phi) is 8.88. The van der Waals surface area contributed by atoms with Crippen LogP contribution in [0.3, 0.4) is 0 Å². The van der Waals surface area contributed by atoms with Crippen molar-refractivity contribution in [2.45, 2.75) is 123 Å². The summed E-state index contributed by atoms with van der Waals surface area (Å²) in [6.07, 6.45) is 13.9. The predicted octanol–water partition coefficient (Wildman–Crippen LogP) is 5.63. The Labute approximate surface area is 232 Å². The Hall–Kier alpha value is -0.650. The average Bonchev–Trinajstić information content (AvgIpc) is 3.54. The molecule has 5 rings (SSSR count). The summed E-state index contributed by atoms with van der Waals surface area (Å²) in [6, 6.07) is 0. The lowest BCUT2D eigenvalue weighted by molar-refractivity contribution is -0.203. The highest BCUT2D eigenvalue weighted by Gasteiger charge is 2.64. The van der Waals surface area contributed by atoms with Crippen molar-refractivity contribution >= 4 is 5.91 Å². The molecule has 0 unspecified atom stereocenters. The number of hydrogen-bond donors (Lipinski definition) is 3. The first-order chi connectivity index (χ1) is 18.2. The maximum absolute atomic E-state index is 12.6. The molecule has 1 heterocycles. The molecule has 0 aromatic heterocycles. The number of aliphatic hydroxyl groups is 2. The molecule has 0 bridgehead atoms. The number of aliphatic hydroxyl groups excluding tert-OH is 2. The minimum absolute atomic E-state index is 0.182. The van der Waals surface area contributed by atoms with Gasteiger partial charge in [0.2, 0.25) is 5.91 Å². The van der Waals surface area contributed by atoms with Crippen LogP contribution in [0.25, 0.3) is 0 Å². The zero-order chi connectivity index (χ0) is 27.1. The van der Waals surface area contributed by atoms with Gasteiger partial charge in [0.25, 0.3) is 0 Å². The highest BCUT2D eigenvalue weighted by atomic mass is 16.3. The van der Waals surface area contributed by atoms with Crippen LogP contribution in [0.4, 0.5) is 0 Å². The number of amides is 1. The van der Waals surface area contributed by atoms with E-state index in [9.17, 15) is 15.0 Å². The van der Waals surface area contributed by atoms with E-state index in [1.165, 1.54) is 51.6 Å². The highest BCUT2D eigenvalue weighted by molar-refractivity contribution is 5.75. The molecule has 1 amide bonds. The number of likely N-dealkylation sites (tertiary alicyclic amines) is 1. The lowest BCUT2D eigenvalue weighted by atomic mass is 9.41. The molecule has 1 aliphatic heterocycles. The van der Waals surface area contributed by atoms with E-state index in [4.69, 9.17) is 0 Å². The number of carbonyl (C=O) groups excluding carboxylic acids is 1. The number of rotatable bonds is 9. The van der Waals surface area contributed by atoms with Gasteiger partial charge in [0.1, 0.15) is 0 Å². The second-order valence-electron chi connectivity index (χ2n) is 14.9. The van der Waals surface area contributed by atoms with Gasteiger partial charge in [0, 0.05) is 13.0 Å². The fourth-order valence-corrected chi connectivity index (χ4v) is 11.1. The van der Waals surface area contributed by atoms with Gasteiger partial charge in [0.15, 0.2) is 0 Å². The molecular formula is C33H58N2O3. The van der Waals surface area contributed by atoms with Crippen LogP contribution in [0.15, 0.2) is 0 Å². The van der Waals surface area contributed by atoms with Crippen molar-refractivity contribution in [1.82, 2.24) is 10.2 Å². The van der Waals surface area contributed by atoms with Gasteiger partial charge in [-0.1, -0.05) is 34.1 Å². The molecule has 4 saturated carbocycles. The second-order valence-corrected chi connectivity index (χ2v) is 14.9. The van der Waals surface area contributed by atoms with E-state index < -0.39 is 0 Å². The van der Waals surface area contributed by atoms with Gasteiger partial charge in [0.05, 0.1) is 12.2 Å². The molecule has 3 N–H and O–H groups in total. The standard InChI is InChI=1S/C33H58N2O3/c1-5-24-28-21-23(36)13-15-33(28,4)27-14-16-32(3)25(10-11-26(32)30(27)31(24)38)22(2)9-12-29(37)34-17-8-20-35-18-6-7-19-35/h22-28,30-31,36,38H,5-21H2,1-4H3,(H,34,37)/t22-,23-,24-,25-,26+,27+,28+,30+,31-,32-,33-/m1/s1. The molecule has 4 aliphatic carbocycles. The minimum Gasteiger partial charge on any atom is -0.393 e. The normalized spacial score (nSPS) is 45.7. The van der Waals surface area contributed by atoms with Gasteiger partial charge in [-0.2, -0.15) is 0 Å². The van der Waals surface area contributed by atoms with Crippen molar-refractivity contribution < 1.29 is 15.0 Å². The van der Waals surface area contributed by atoms with E-state index in [-0.39, 0.29) is 28.9 Å². The topological polar surface area (TPSA) is 72.8 Å². The molecule has 5 nitrogen and oxygen atoms in total. The molecule has 0 aromatic carbocycles. The molecule has 38 heavy (non-hydrogen) atoms. The van der Waals surface area contributed by atoms with Crippen LogP contribution in [0.1, 0.15) is 111 Å². The minimum atomic E-state index is -0.224. The van der Waals surface area contributed by atoms with Crippen LogP contribution in [0, 0.1) is 52.3 Å². The number of nitrogens with zero attached hydrogens (tertiary/aromatic N) is 1. The molecule has 5 heteroatoms. The largest absolute Gasteiger partial charge is 0.393 e. The van der Waals surface area contributed by atoms with Crippen LogP contribution in [0.2, 0.25) is 0 Å². The average molecular weight is 531 g/mol. The first kappa shape index (κ1) is 28.9. The van der Waals surface area contributed by atoms with Crippen molar-refractivity contribution in [2.24, 2.45) is 52.3 Å². The van der Waals surface area contributed by atoms with Crippen LogP contribution in [-0.2, 0) is 4.79 Å². The van der Waals surface area contributed by atoms with Crippen LogP contribution in [-0.4, -0.2) is 59.4 Å². The Bertz CT molecular complexity index is 814. The van der Waals surface area contributed by atoms with Crippen LogP contribution >= 0.6 is 0 Å². The molecule has 5 fully saturated rings. The molecule has 0 spiro atoms. The van der Waals surface area contributed by atoms with E-state index in [2.05, 4.69) is 37.9 Å². The van der Waals surface area contributed by atoms with E-state index >= 15 is 0 Å². The van der Waals surface area contributed by atoms with Crippen molar-refractivity contribution in [3.8, 4) is 0 Å². The predicted molar refractivity (Wildman–Crippen MR) is 153 cm³/mol.